The number of furan rings is 1. The van der Waals surface area contributed by atoms with Gasteiger partial charge < -0.3 is 9.73 Å². The van der Waals surface area contributed by atoms with Crippen LogP contribution in [0.15, 0.2) is 56.9 Å². The fourth-order valence-electron chi connectivity index (χ4n) is 2.57. The molecule has 0 aliphatic heterocycles. The SMILES string of the molecule is Cc1ccc(-c2csc(-n3nc(C)cc3NC(=O)c3ccc(Br)o3)n2)cc1. The third-order valence-corrected chi connectivity index (χ3v) is 5.13. The van der Waals surface area contributed by atoms with Gasteiger partial charge in [-0.2, -0.15) is 9.78 Å². The maximum atomic E-state index is 12.4. The Hall–Kier alpha value is -2.71. The number of aromatic nitrogens is 3. The lowest BCUT2D eigenvalue weighted by Crippen LogP contribution is -2.14. The zero-order valence-electron chi connectivity index (χ0n) is 14.6. The predicted molar refractivity (Wildman–Crippen MR) is 109 cm³/mol. The van der Waals surface area contributed by atoms with Crippen LogP contribution < -0.4 is 5.32 Å². The highest BCUT2D eigenvalue weighted by Gasteiger charge is 2.17. The molecule has 0 fully saturated rings. The first-order chi connectivity index (χ1) is 13.0. The molecule has 4 rings (SSSR count). The Morgan fingerprint density at radius 2 is 1.96 bits per heavy atom. The Morgan fingerprint density at radius 1 is 1.19 bits per heavy atom. The first kappa shape index (κ1) is 17.7. The van der Waals surface area contributed by atoms with Gasteiger partial charge in [-0.1, -0.05) is 29.8 Å². The molecule has 0 radical (unpaired) electrons. The molecular weight excluding hydrogens is 428 g/mol. The van der Waals surface area contributed by atoms with Crippen LogP contribution in [0.25, 0.3) is 16.4 Å². The monoisotopic (exact) mass is 442 g/mol. The molecule has 0 bridgehead atoms. The number of benzene rings is 1. The number of carbonyl (C=O) groups excluding carboxylic acids is 1. The second-order valence-electron chi connectivity index (χ2n) is 6.02. The predicted octanol–water partition coefficient (Wildman–Crippen LogP) is 5.22. The van der Waals surface area contributed by atoms with E-state index in [4.69, 9.17) is 4.42 Å². The van der Waals surface area contributed by atoms with E-state index in [1.54, 1.807) is 22.9 Å². The first-order valence-corrected chi connectivity index (χ1v) is 9.83. The Kier molecular flexibility index (Phi) is 4.67. The summed E-state index contributed by atoms with van der Waals surface area (Å²) in [6, 6.07) is 13.3. The molecule has 0 atom stereocenters. The van der Waals surface area contributed by atoms with Gasteiger partial charge in [-0.25, -0.2) is 4.98 Å². The van der Waals surface area contributed by atoms with E-state index in [9.17, 15) is 4.79 Å². The van der Waals surface area contributed by atoms with Gasteiger partial charge in [0.15, 0.2) is 10.4 Å². The van der Waals surface area contributed by atoms with E-state index in [-0.39, 0.29) is 11.7 Å². The lowest BCUT2D eigenvalue weighted by Gasteiger charge is -2.05. The second kappa shape index (κ2) is 7.13. The van der Waals surface area contributed by atoms with Gasteiger partial charge in [-0.15, -0.1) is 11.3 Å². The minimum atomic E-state index is -0.350. The Balaban J connectivity index is 1.63. The van der Waals surface area contributed by atoms with Crippen molar-refractivity contribution in [1.29, 1.82) is 0 Å². The zero-order chi connectivity index (χ0) is 19.0. The number of anilines is 1. The highest BCUT2D eigenvalue weighted by molar-refractivity contribution is 9.10. The highest BCUT2D eigenvalue weighted by atomic mass is 79.9. The van der Waals surface area contributed by atoms with Crippen LogP contribution in [-0.2, 0) is 0 Å². The molecule has 27 heavy (non-hydrogen) atoms. The summed E-state index contributed by atoms with van der Waals surface area (Å²) >= 11 is 4.66. The van der Waals surface area contributed by atoms with E-state index in [1.807, 2.05) is 24.4 Å². The van der Waals surface area contributed by atoms with Crippen molar-refractivity contribution in [2.45, 2.75) is 13.8 Å². The van der Waals surface area contributed by atoms with E-state index in [1.165, 1.54) is 16.9 Å². The Labute approximate surface area is 168 Å². The summed E-state index contributed by atoms with van der Waals surface area (Å²) in [6.07, 6.45) is 0. The number of rotatable bonds is 4. The molecule has 1 amide bonds. The number of amides is 1. The molecular formula is C19H15BrN4O2S. The molecule has 3 aromatic heterocycles. The summed E-state index contributed by atoms with van der Waals surface area (Å²) in [7, 11) is 0. The first-order valence-electron chi connectivity index (χ1n) is 8.16. The normalized spacial score (nSPS) is 10.9. The molecule has 8 heteroatoms. The van der Waals surface area contributed by atoms with Crippen molar-refractivity contribution < 1.29 is 9.21 Å². The Morgan fingerprint density at radius 3 is 2.67 bits per heavy atom. The Bertz CT molecular complexity index is 1110. The molecule has 1 aromatic carbocycles. The van der Waals surface area contributed by atoms with E-state index in [2.05, 4.69) is 50.4 Å². The van der Waals surface area contributed by atoms with Gasteiger partial charge in [-0.3, -0.25) is 4.79 Å². The van der Waals surface area contributed by atoms with Crippen LogP contribution in [0.2, 0.25) is 0 Å². The van der Waals surface area contributed by atoms with Crippen LogP contribution in [0, 0.1) is 13.8 Å². The molecule has 0 aliphatic rings. The van der Waals surface area contributed by atoms with Crippen LogP contribution in [0.5, 0.6) is 0 Å². The number of hydrogen-bond acceptors (Lipinski definition) is 5. The molecule has 0 saturated carbocycles. The lowest BCUT2D eigenvalue weighted by atomic mass is 10.1. The number of nitrogens with zero attached hydrogens (tertiary/aromatic N) is 3. The summed E-state index contributed by atoms with van der Waals surface area (Å²) in [6.45, 7) is 3.92. The van der Waals surface area contributed by atoms with Crippen LogP contribution in [0.1, 0.15) is 21.8 Å². The quantitative estimate of drug-likeness (QED) is 0.470. The van der Waals surface area contributed by atoms with Gasteiger partial charge in [0.25, 0.3) is 5.91 Å². The fraction of sp³-hybridized carbons (Fsp3) is 0.105. The van der Waals surface area contributed by atoms with Crippen LogP contribution >= 0.6 is 27.3 Å². The largest absolute Gasteiger partial charge is 0.444 e. The summed E-state index contributed by atoms with van der Waals surface area (Å²) < 4.78 is 7.44. The smallest absolute Gasteiger partial charge is 0.292 e. The third-order valence-electron chi connectivity index (χ3n) is 3.89. The van der Waals surface area contributed by atoms with Crippen molar-refractivity contribution in [3.63, 3.8) is 0 Å². The fourth-order valence-corrected chi connectivity index (χ4v) is 3.67. The molecule has 0 aliphatic carbocycles. The number of halogens is 1. The van der Waals surface area contributed by atoms with Gasteiger partial charge in [0, 0.05) is 17.0 Å². The van der Waals surface area contributed by atoms with Crippen molar-refractivity contribution >= 4 is 39.0 Å². The number of carbonyl (C=O) groups is 1. The van der Waals surface area contributed by atoms with Crippen molar-refractivity contribution in [3.8, 4) is 16.4 Å². The van der Waals surface area contributed by atoms with Gasteiger partial charge in [0.1, 0.15) is 5.82 Å². The maximum Gasteiger partial charge on any atom is 0.292 e. The average molecular weight is 443 g/mol. The van der Waals surface area contributed by atoms with Gasteiger partial charge in [0.05, 0.1) is 11.4 Å². The number of nitrogens with one attached hydrogen (secondary N) is 1. The van der Waals surface area contributed by atoms with Crippen molar-refractivity contribution in [2.24, 2.45) is 0 Å². The molecule has 4 aromatic rings. The van der Waals surface area contributed by atoms with Crippen LogP contribution in [-0.4, -0.2) is 20.7 Å². The van der Waals surface area contributed by atoms with E-state index < -0.39 is 0 Å². The summed E-state index contributed by atoms with van der Waals surface area (Å²) in [5.74, 6) is 0.402. The molecule has 0 saturated heterocycles. The zero-order valence-corrected chi connectivity index (χ0v) is 17.0. The lowest BCUT2D eigenvalue weighted by molar-refractivity contribution is 0.0994. The minimum Gasteiger partial charge on any atom is -0.444 e. The molecule has 136 valence electrons. The van der Waals surface area contributed by atoms with Crippen molar-refractivity contribution in [1.82, 2.24) is 14.8 Å². The molecule has 6 nitrogen and oxygen atoms in total. The van der Waals surface area contributed by atoms with E-state index >= 15 is 0 Å². The molecule has 0 spiro atoms. The summed E-state index contributed by atoms with van der Waals surface area (Å²) in [4.78, 5) is 17.1. The maximum absolute atomic E-state index is 12.4. The topological polar surface area (TPSA) is 73.0 Å². The summed E-state index contributed by atoms with van der Waals surface area (Å²) in [5, 5.41) is 9.95. The van der Waals surface area contributed by atoms with E-state index in [0.29, 0.717) is 15.6 Å². The number of thiazole rings is 1. The molecule has 1 N–H and O–H groups in total. The van der Waals surface area contributed by atoms with Crippen molar-refractivity contribution in [2.75, 3.05) is 5.32 Å². The second-order valence-corrected chi connectivity index (χ2v) is 7.64. The minimum absolute atomic E-state index is 0.215. The molecule has 3 heterocycles. The number of hydrogen-bond donors (Lipinski definition) is 1. The standard InChI is InChI=1S/C19H15BrN4O2S/c1-11-3-5-13(6-4-11)14-10-27-19(21-14)24-17(9-12(2)23-24)22-18(25)15-7-8-16(20)26-15/h3-10H,1-2H3,(H,22,25). The van der Waals surface area contributed by atoms with Crippen LogP contribution in [0.3, 0.4) is 0 Å². The summed E-state index contributed by atoms with van der Waals surface area (Å²) in [5.41, 5.74) is 3.89. The van der Waals surface area contributed by atoms with Crippen molar-refractivity contribution in [3.05, 3.63) is 69.5 Å². The number of aryl methyl sites for hydroxylation is 2. The molecule has 0 unspecified atom stereocenters. The average Bonchev–Trinajstić information content (AvgIpc) is 3.35. The van der Waals surface area contributed by atoms with Crippen LogP contribution in [0.4, 0.5) is 5.82 Å². The van der Waals surface area contributed by atoms with Gasteiger partial charge in [0.2, 0.25) is 5.13 Å². The van der Waals surface area contributed by atoms with E-state index in [0.717, 1.165) is 17.0 Å². The highest BCUT2D eigenvalue weighted by Crippen LogP contribution is 2.27. The van der Waals surface area contributed by atoms with Gasteiger partial charge >= 0.3 is 0 Å². The third kappa shape index (κ3) is 3.72. The van der Waals surface area contributed by atoms with Gasteiger partial charge in [-0.05, 0) is 41.9 Å².